The second kappa shape index (κ2) is 6.87. The fraction of sp³-hybridized carbons (Fsp3) is 0.118. The lowest BCUT2D eigenvalue weighted by atomic mass is 10.2. The standard InChI is InChI=1S/C17H11F3N2O4/c18-17(19,20)26-11-7-5-10(6-8-11)16(24)25-9-14-21-13-4-2-1-3-12(13)15(23)22-14/h1-8H,9H2,(H,21,22,23). The van der Waals surface area contributed by atoms with Gasteiger partial charge in [-0.25, -0.2) is 9.78 Å². The third kappa shape index (κ3) is 4.18. The predicted octanol–water partition coefficient (Wildman–Crippen LogP) is 3.18. The second-order valence-electron chi connectivity index (χ2n) is 5.18. The number of fused-ring (bicyclic) bond motifs is 1. The summed E-state index contributed by atoms with van der Waals surface area (Å²) < 4.78 is 45.1. The number of rotatable bonds is 4. The van der Waals surface area contributed by atoms with Crippen LogP contribution < -0.4 is 10.3 Å². The number of ether oxygens (including phenoxy) is 2. The minimum Gasteiger partial charge on any atom is -0.454 e. The summed E-state index contributed by atoms with van der Waals surface area (Å²) in [5.74, 6) is -1.08. The molecule has 26 heavy (non-hydrogen) atoms. The minimum atomic E-state index is -4.81. The third-order valence-corrected chi connectivity index (χ3v) is 3.33. The van der Waals surface area contributed by atoms with Crippen LogP contribution in [0, 0.1) is 0 Å². The zero-order valence-corrected chi connectivity index (χ0v) is 13.0. The van der Waals surface area contributed by atoms with E-state index in [-0.39, 0.29) is 23.6 Å². The zero-order valence-electron chi connectivity index (χ0n) is 13.0. The highest BCUT2D eigenvalue weighted by molar-refractivity contribution is 5.89. The Hall–Kier alpha value is -3.36. The molecule has 0 aliphatic heterocycles. The molecule has 0 spiro atoms. The number of carbonyl (C=O) groups is 1. The lowest BCUT2D eigenvalue weighted by Gasteiger charge is -2.09. The first kappa shape index (κ1) is 17.5. The highest BCUT2D eigenvalue weighted by atomic mass is 19.4. The molecule has 0 unspecified atom stereocenters. The van der Waals surface area contributed by atoms with Crippen LogP contribution in [-0.2, 0) is 11.3 Å². The number of nitrogens with zero attached hydrogens (tertiary/aromatic N) is 1. The zero-order chi connectivity index (χ0) is 18.7. The fourth-order valence-corrected chi connectivity index (χ4v) is 2.21. The molecule has 0 radical (unpaired) electrons. The van der Waals surface area contributed by atoms with Crippen LogP contribution in [0.1, 0.15) is 16.2 Å². The Kier molecular flexibility index (Phi) is 4.61. The molecular formula is C17H11F3N2O4. The van der Waals surface area contributed by atoms with Gasteiger partial charge in [-0.1, -0.05) is 12.1 Å². The van der Waals surface area contributed by atoms with Gasteiger partial charge in [0.25, 0.3) is 5.56 Å². The lowest BCUT2D eigenvalue weighted by molar-refractivity contribution is -0.274. The Morgan fingerprint density at radius 2 is 1.77 bits per heavy atom. The molecule has 0 saturated heterocycles. The number of esters is 1. The molecule has 0 saturated carbocycles. The number of nitrogens with one attached hydrogen (secondary N) is 1. The molecule has 3 aromatic rings. The molecule has 0 bridgehead atoms. The summed E-state index contributed by atoms with van der Waals surface area (Å²) in [6, 6.07) is 11.0. The van der Waals surface area contributed by atoms with E-state index in [0.29, 0.717) is 10.9 Å². The summed E-state index contributed by atoms with van der Waals surface area (Å²) in [4.78, 5) is 30.6. The van der Waals surface area contributed by atoms with Gasteiger partial charge in [0.2, 0.25) is 0 Å². The molecule has 6 nitrogen and oxygen atoms in total. The molecule has 9 heteroatoms. The Morgan fingerprint density at radius 1 is 1.08 bits per heavy atom. The van der Waals surface area contributed by atoms with Crippen LogP contribution in [0.4, 0.5) is 13.2 Å². The first-order valence-corrected chi connectivity index (χ1v) is 7.33. The highest BCUT2D eigenvalue weighted by Gasteiger charge is 2.31. The minimum absolute atomic E-state index is 0.0302. The van der Waals surface area contributed by atoms with E-state index in [1.54, 1.807) is 24.3 Å². The number of hydrogen-bond donors (Lipinski definition) is 1. The van der Waals surface area contributed by atoms with Crippen LogP contribution >= 0.6 is 0 Å². The lowest BCUT2D eigenvalue weighted by Crippen LogP contribution is -2.17. The molecule has 3 rings (SSSR count). The quantitative estimate of drug-likeness (QED) is 0.719. The van der Waals surface area contributed by atoms with Crippen molar-refractivity contribution >= 4 is 16.9 Å². The topological polar surface area (TPSA) is 81.3 Å². The summed E-state index contributed by atoms with van der Waals surface area (Å²) in [7, 11) is 0. The first-order valence-electron chi connectivity index (χ1n) is 7.33. The molecule has 0 aliphatic carbocycles. The molecule has 134 valence electrons. The average molecular weight is 364 g/mol. The van der Waals surface area contributed by atoms with Crippen molar-refractivity contribution in [2.24, 2.45) is 0 Å². The first-order chi connectivity index (χ1) is 12.3. The summed E-state index contributed by atoms with van der Waals surface area (Å²) >= 11 is 0. The molecule has 0 aliphatic rings. The SMILES string of the molecule is O=C(OCc1nc2ccccc2c(=O)[nH]1)c1ccc(OC(F)(F)F)cc1. The van der Waals surface area contributed by atoms with Crippen LogP contribution in [0.25, 0.3) is 10.9 Å². The number of aromatic amines is 1. The molecule has 1 N–H and O–H groups in total. The van der Waals surface area contributed by atoms with Crippen molar-refractivity contribution in [3.8, 4) is 5.75 Å². The van der Waals surface area contributed by atoms with E-state index in [9.17, 15) is 22.8 Å². The van der Waals surface area contributed by atoms with Crippen molar-refractivity contribution in [1.29, 1.82) is 0 Å². The summed E-state index contributed by atoms with van der Waals surface area (Å²) in [6.07, 6.45) is -4.81. The molecule has 2 aromatic carbocycles. The maximum atomic E-state index is 12.1. The summed E-state index contributed by atoms with van der Waals surface area (Å²) in [5, 5.41) is 0.405. The van der Waals surface area contributed by atoms with Gasteiger partial charge in [-0.15, -0.1) is 13.2 Å². The average Bonchev–Trinajstić information content (AvgIpc) is 2.59. The van der Waals surface area contributed by atoms with Crippen molar-refractivity contribution in [3.63, 3.8) is 0 Å². The van der Waals surface area contributed by atoms with Crippen molar-refractivity contribution in [2.75, 3.05) is 0 Å². The molecule has 0 fully saturated rings. The number of alkyl halides is 3. The van der Waals surface area contributed by atoms with E-state index < -0.39 is 18.1 Å². The van der Waals surface area contributed by atoms with Gasteiger partial charge in [-0.05, 0) is 36.4 Å². The normalized spacial score (nSPS) is 11.3. The van der Waals surface area contributed by atoms with E-state index >= 15 is 0 Å². The number of H-pyrrole nitrogens is 1. The van der Waals surface area contributed by atoms with Crippen molar-refractivity contribution < 1.29 is 27.4 Å². The number of halogens is 3. The largest absolute Gasteiger partial charge is 0.573 e. The maximum Gasteiger partial charge on any atom is 0.573 e. The second-order valence-corrected chi connectivity index (χ2v) is 5.18. The van der Waals surface area contributed by atoms with E-state index in [1.807, 2.05) is 0 Å². The Morgan fingerprint density at radius 3 is 2.46 bits per heavy atom. The van der Waals surface area contributed by atoms with Crippen LogP contribution in [0.2, 0.25) is 0 Å². The molecule has 1 aromatic heterocycles. The Balaban J connectivity index is 1.68. The van der Waals surface area contributed by atoms with Crippen molar-refractivity contribution in [2.45, 2.75) is 13.0 Å². The molecule has 0 amide bonds. The van der Waals surface area contributed by atoms with E-state index in [4.69, 9.17) is 4.74 Å². The van der Waals surface area contributed by atoms with Crippen LogP contribution in [0.5, 0.6) is 5.75 Å². The van der Waals surface area contributed by atoms with E-state index in [2.05, 4.69) is 14.7 Å². The van der Waals surface area contributed by atoms with Gasteiger partial charge in [0.05, 0.1) is 16.5 Å². The summed E-state index contributed by atoms with van der Waals surface area (Å²) in [5.41, 5.74) is 0.119. The highest BCUT2D eigenvalue weighted by Crippen LogP contribution is 2.23. The summed E-state index contributed by atoms with van der Waals surface area (Å²) in [6.45, 7) is -0.292. The van der Waals surface area contributed by atoms with Gasteiger partial charge in [0, 0.05) is 0 Å². The van der Waals surface area contributed by atoms with Gasteiger partial charge >= 0.3 is 12.3 Å². The number of benzene rings is 2. The number of para-hydroxylation sites is 1. The van der Waals surface area contributed by atoms with Crippen LogP contribution in [0.15, 0.2) is 53.3 Å². The van der Waals surface area contributed by atoms with Gasteiger partial charge in [0.15, 0.2) is 0 Å². The van der Waals surface area contributed by atoms with Crippen molar-refractivity contribution in [1.82, 2.24) is 9.97 Å². The van der Waals surface area contributed by atoms with E-state index in [0.717, 1.165) is 24.3 Å². The van der Waals surface area contributed by atoms with Gasteiger partial charge in [0.1, 0.15) is 18.2 Å². The van der Waals surface area contributed by atoms with Crippen LogP contribution in [0.3, 0.4) is 0 Å². The van der Waals surface area contributed by atoms with Gasteiger partial charge in [-0.2, -0.15) is 0 Å². The molecule has 1 heterocycles. The smallest absolute Gasteiger partial charge is 0.454 e. The van der Waals surface area contributed by atoms with Gasteiger partial charge < -0.3 is 14.5 Å². The third-order valence-electron chi connectivity index (χ3n) is 3.33. The maximum absolute atomic E-state index is 12.1. The van der Waals surface area contributed by atoms with Crippen LogP contribution in [-0.4, -0.2) is 22.3 Å². The van der Waals surface area contributed by atoms with Crippen molar-refractivity contribution in [3.05, 3.63) is 70.3 Å². The number of carbonyl (C=O) groups excluding carboxylic acids is 1. The number of aromatic nitrogens is 2. The van der Waals surface area contributed by atoms with Gasteiger partial charge in [-0.3, -0.25) is 4.79 Å². The monoisotopic (exact) mass is 364 g/mol. The predicted molar refractivity (Wildman–Crippen MR) is 84.6 cm³/mol. The number of hydrogen-bond acceptors (Lipinski definition) is 5. The Labute approximate surface area is 144 Å². The fourth-order valence-electron chi connectivity index (χ4n) is 2.21. The Bertz CT molecular complexity index is 997. The van der Waals surface area contributed by atoms with E-state index in [1.165, 1.54) is 0 Å². The molecule has 0 atom stereocenters. The molecular weight excluding hydrogens is 353 g/mol.